The van der Waals surface area contributed by atoms with Crippen molar-refractivity contribution in [3.63, 3.8) is 0 Å². The van der Waals surface area contributed by atoms with E-state index in [-0.39, 0.29) is 6.04 Å². The van der Waals surface area contributed by atoms with Crippen molar-refractivity contribution in [3.8, 4) is 0 Å². The topological polar surface area (TPSA) is 32.5 Å². The standard InChI is InChI=1S/C16H26BrN3/c1-12(18)14-4-5-16(15(17)10-14)20-8-6-13(7-9-20)11-19(2)3/h4-5,10,12-13H,6-9,11,18H2,1-3H3/t12-/m1/s1. The Bertz CT molecular complexity index is 437. The molecule has 0 saturated carbocycles. The van der Waals surface area contributed by atoms with Crippen LogP contribution >= 0.6 is 15.9 Å². The Morgan fingerprint density at radius 2 is 2.00 bits per heavy atom. The summed E-state index contributed by atoms with van der Waals surface area (Å²) >= 11 is 3.70. The molecule has 1 fully saturated rings. The molecule has 0 unspecified atom stereocenters. The van der Waals surface area contributed by atoms with Gasteiger partial charge in [0, 0.05) is 30.1 Å². The number of halogens is 1. The van der Waals surface area contributed by atoms with Crippen LogP contribution in [0.3, 0.4) is 0 Å². The molecular weight excluding hydrogens is 314 g/mol. The van der Waals surface area contributed by atoms with Gasteiger partial charge in [0.05, 0.1) is 5.69 Å². The fraction of sp³-hybridized carbons (Fsp3) is 0.625. The third-order valence-corrected chi connectivity index (χ3v) is 4.71. The van der Waals surface area contributed by atoms with Crippen molar-refractivity contribution in [1.29, 1.82) is 0 Å². The van der Waals surface area contributed by atoms with Gasteiger partial charge in [-0.2, -0.15) is 0 Å². The second kappa shape index (κ2) is 6.92. The molecule has 2 N–H and O–H groups in total. The van der Waals surface area contributed by atoms with E-state index in [9.17, 15) is 0 Å². The lowest BCUT2D eigenvalue weighted by Gasteiger charge is -2.35. The van der Waals surface area contributed by atoms with Crippen LogP contribution in [0.25, 0.3) is 0 Å². The van der Waals surface area contributed by atoms with Crippen LogP contribution < -0.4 is 10.6 Å². The Morgan fingerprint density at radius 1 is 1.35 bits per heavy atom. The van der Waals surface area contributed by atoms with Crippen LogP contribution in [0, 0.1) is 5.92 Å². The molecule has 1 atom stereocenters. The number of benzene rings is 1. The molecule has 20 heavy (non-hydrogen) atoms. The van der Waals surface area contributed by atoms with Crippen molar-refractivity contribution in [1.82, 2.24) is 4.90 Å². The molecule has 1 aliphatic rings. The van der Waals surface area contributed by atoms with Crippen LogP contribution in [0.4, 0.5) is 5.69 Å². The maximum Gasteiger partial charge on any atom is 0.0510 e. The highest BCUT2D eigenvalue weighted by atomic mass is 79.9. The van der Waals surface area contributed by atoms with Crippen LogP contribution in [0.1, 0.15) is 31.4 Å². The average molecular weight is 340 g/mol. The molecule has 0 amide bonds. The van der Waals surface area contributed by atoms with Gasteiger partial charge in [-0.15, -0.1) is 0 Å². The van der Waals surface area contributed by atoms with Crippen molar-refractivity contribution in [2.45, 2.75) is 25.8 Å². The normalized spacial score (nSPS) is 18.6. The maximum atomic E-state index is 5.94. The van der Waals surface area contributed by atoms with Crippen LogP contribution in [0.2, 0.25) is 0 Å². The van der Waals surface area contributed by atoms with Gasteiger partial charge in [0.1, 0.15) is 0 Å². The first-order chi connectivity index (χ1) is 9.47. The van der Waals surface area contributed by atoms with E-state index < -0.39 is 0 Å². The lowest BCUT2D eigenvalue weighted by Crippen LogP contribution is -2.37. The quantitative estimate of drug-likeness (QED) is 0.913. The molecule has 1 aromatic rings. The predicted octanol–water partition coefficient (Wildman–Crippen LogP) is 3.25. The molecule has 112 valence electrons. The highest BCUT2D eigenvalue weighted by molar-refractivity contribution is 9.10. The van der Waals surface area contributed by atoms with Gasteiger partial charge in [-0.3, -0.25) is 0 Å². The lowest BCUT2D eigenvalue weighted by molar-refractivity contribution is 0.285. The molecule has 1 heterocycles. The average Bonchev–Trinajstić information content (AvgIpc) is 2.39. The molecule has 0 radical (unpaired) electrons. The first-order valence-electron chi connectivity index (χ1n) is 7.42. The number of hydrogen-bond donors (Lipinski definition) is 1. The van der Waals surface area contributed by atoms with E-state index in [4.69, 9.17) is 5.73 Å². The van der Waals surface area contributed by atoms with Crippen LogP contribution in [-0.2, 0) is 0 Å². The zero-order valence-electron chi connectivity index (χ0n) is 12.8. The molecule has 0 bridgehead atoms. The summed E-state index contributed by atoms with van der Waals surface area (Å²) < 4.78 is 1.17. The molecule has 3 nitrogen and oxygen atoms in total. The van der Waals surface area contributed by atoms with Gasteiger partial charge in [0.25, 0.3) is 0 Å². The number of anilines is 1. The fourth-order valence-electron chi connectivity index (χ4n) is 2.94. The van der Waals surface area contributed by atoms with E-state index in [1.54, 1.807) is 0 Å². The first-order valence-corrected chi connectivity index (χ1v) is 8.21. The number of nitrogens with zero attached hydrogens (tertiary/aromatic N) is 2. The monoisotopic (exact) mass is 339 g/mol. The number of rotatable bonds is 4. The molecule has 1 aromatic carbocycles. The number of nitrogens with two attached hydrogens (primary N) is 1. The van der Waals surface area contributed by atoms with Gasteiger partial charge in [-0.1, -0.05) is 6.07 Å². The van der Waals surface area contributed by atoms with E-state index >= 15 is 0 Å². The summed E-state index contributed by atoms with van der Waals surface area (Å²) in [6.45, 7) is 5.52. The molecule has 0 spiro atoms. The molecule has 0 aromatic heterocycles. The van der Waals surface area contributed by atoms with Gasteiger partial charge in [0.2, 0.25) is 0 Å². The van der Waals surface area contributed by atoms with Crippen molar-refractivity contribution >= 4 is 21.6 Å². The van der Waals surface area contributed by atoms with Gasteiger partial charge in [-0.25, -0.2) is 0 Å². The Hall–Kier alpha value is -0.580. The SMILES string of the molecule is C[C@@H](N)c1ccc(N2CCC(CN(C)C)CC2)c(Br)c1. The molecule has 2 rings (SSSR count). The first kappa shape index (κ1) is 15.8. The van der Waals surface area contributed by atoms with Crippen LogP contribution in [0.5, 0.6) is 0 Å². The van der Waals surface area contributed by atoms with Gasteiger partial charge < -0.3 is 15.5 Å². The summed E-state index contributed by atoms with van der Waals surface area (Å²) in [7, 11) is 4.32. The Labute approximate surface area is 131 Å². The molecule has 1 saturated heterocycles. The van der Waals surface area contributed by atoms with Gasteiger partial charge >= 0.3 is 0 Å². The van der Waals surface area contributed by atoms with E-state index in [0.717, 1.165) is 19.0 Å². The maximum absolute atomic E-state index is 5.94. The third kappa shape index (κ3) is 3.96. The molecule has 0 aliphatic carbocycles. The minimum Gasteiger partial charge on any atom is -0.371 e. The number of piperidine rings is 1. The van der Waals surface area contributed by atoms with E-state index in [1.165, 1.54) is 35.1 Å². The Balaban J connectivity index is 2.00. The summed E-state index contributed by atoms with van der Waals surface area (Å²) in [5, 5.41) is 0. The minimum absolute atomic E-state index is 0.0891. The zero-order valence-corrected chi connectivity index (χ0v) is 14.4. The van der Waals surface area contributed by atoms with E-state index in [1.807, 2.05) is 6.92 Å². The molecular formula is C16H26BrN3. The summed E-state index contributed by atoms with van der Waals surface area (Å²) in [4.78, 5) is 4.79. The minimum atomic E-state index is 0.0891. The number of hydrogen-bond acceptors (Lipinski definition) is 3. The highest BCUT2D eigenvalue weighted by Gasteiger charge is 2.21. The van der Waals surface area contributed by atoms with E-state index in [0.29, 0.717) is 0 Å². The predicted molar refractivity (Wildman–Crippen MR) is 90.2 cm³/mol. The largest absolute Gasteiger partial charge is 0.371 e. The zero-order chi connectivity index (χ0) is 14.7. The van der Waals surface area contributed by atoms with Crippen molar-refractivity contribution in [2.24, 2.45) is 11.7 Å². The van der Waals surface area contributed by atoms with Crippen molar-refractivity contribution in [2.75, 3.05) is 38.6 Å². The van der Waals surface area contributed by atoms with E-state index in [2.05, 4.69) is 58.0 Å². The van der Waals surface area contributed by atoms with Gasteiger partial charge in [-0.05, 0) is 73.4 Å². The van der Waals surface area contributed by atoms with Crippen LogP contribution in [0.15, 0.2) is 22.7 Å². The fourth-order valence-corrected chi connectivity index (χ4v) is 3.58. The van der Waals surface area contributed by atoms with Crippen LogP contribution in [-0.4, -0.2) is 38.6 Å². The second-order valence-corrected chi connectivity index (χ2v) is 7.05. The summed E-state index contributed by atoms with van der Waals surface area (Å²) in [5.74, 6) is 0.836. The van der Waals surface area contributed by atoms with Crippen molar-refractivity contribution < 1.29 is 0 Å². The summed E-state index contributed by atoms with van der Waals surface area (Å²) in [6, 6.07) is 6.60. The second-order valence-electron chi connectivity index (χ2n) is 6.19. The third-order valence-electron chi connectivity index (χ3n) is 4.08. The highest BCUT2D eigenvalue weighted by Crippen LogP contribution is 2.32. The smallest absolute Gasteiger partial charge is 0.0510 e. The lowest BCUT2D eigenvalue weighted by atomic mass is 9.96. The Morgan fingerprint density at radius 3 is 2.50 bits per heavy atom. The molecule has 4 heteroatoms. The summed E-state index contributed by atoms with van der Waals surface area (Å²) in [6.07, 6.45) is 2.55. The van der Waals surface area contributed by atoms with Gasteiger partial charge in [0.15, 0.2) is 0 Å². The molecule has 1 aliphatic heterocycles. The Kier molecular flexibility index (Phi) is 5.47. The summed E-state index contributed by atoms with van der Waals surface area (Å²) in [5.41, 5.74) is 8.42. The van der Waals surface area contributed by atoms with Crippen molar-refractivity contribution in [3.05, 3.63) is 28.2 Å².